The van der Waals surface area contributed by atoms with E-state index in [1.54, 1.807) is 6.33 Å². The molecule has 6 nitrogen and oxygen atoms in total. The first kappa shape index (κ1) is 14.6. The zero-order valence-electron chi connectivity index (χ0n) is 12.4. The molecule has 22 heavy (non-hydrogen) atoms. The van der Waals surface area contributed by atoms with Gasteiger partial charge in [-0.25, -0.2) is 9.97 Å². The third-order valence-corrected chi connectivity index (χ3v) is 3.41. The number of nitrogens with one attached hydrogen (secondary N) is 1. The molecule has 0 unspecified atom stereocenters. The predicted octanol–water partition coefficient (Wildman–Crippen LogP) is 1.80. The van der Waals surface area contributed by atoms with Crippen LogP contribution in [-0.4, -0.2) is 49.4 Å². The van der Waals surface area contributed by atoms with Crippen LogP contribution in [0.3, 0.4) is 0 Å². The maximum absolute atomic E-state index is 5.64. The van der Waals surface area contributed by atoms with Gasteiger partial charge in [0.05, 0.1) is 19.8 Å². The van der Waals surface area contributed by atoms with Crippen LogP contribution < -0.4 is 15.0 Å². The number of aromatic nitrogens is 2. The lowest BCUT2D eigenvalue weighted by Gasteiger charge is -2.27. The number of hydrogen-bond acceptors (Lipinski definition) is 6. The Morgan fingerprint density at radius 3 is 2.77 bits per heavy atom. The molecule has 116 valence electrons. The third-order valence-electron chi connectivity index (χ3n) is 3.41. The highest BCUT2D eigenvalue weighted by molar-refractivity contribution is 5.48. The van der Waals surface area contributed by atoms with Gasteiger partial charge in [-0.3, -0.25) is 0 Å². The van der Waals surface area contributed by atoms with E-state index < -0.39 is 0 Å². The second kappa shape index (κ2) is 7.61. The molecule has 0 saturated carbocycles. The number of morpholine rings is 1. The molecule has 2 heterocycles. The maximum atomic E-state index is 5.64. The monoisotopic (exact) mass is 300 g/mol. The number of para-hydroxylation sites is 1. The Bertz CT molecular complexity index is 573. The molecule has 1 aromatic carbocycles. The van der Waals surface area contributed by atoms with Crippen molar-refractivity contribution >= 4 is 11.6 Å². The van der Waals surface area contributed by atoms with E-state index >= 15 is 0 Å². The first-order chi connectivity index (χ1) is 10.9. The van der Waals surface area contributed by atoms with Crippen LogP contribution in [0.5, 0.6) is 5.75 Å². The van der Waals surface area contributed by atoms with Crippen LogP contribution in [0.2, 0.25) is 0 Å². The van der Waals surface area contributed by atoms with Crippen LogP contribution in [-0.2, 0) is 4.74 Å². The van der Waals surface area contributed by atoms with Gasteiger partial charge in [0.1, 0.15) is 30.3 Å². The van der Waals surface area contributed by atoms with Gasteiger partial charge in [-0.2, -0.15) is 0 Å². The third kappa shape index (κ3) is 4.08. The summed E-state index contributed by atoms with van der Waals surface area (Å²) in [4.78, 5) is 10.8. The van der Waals surface area contributed by atoms with Gasteiger partial charge >= 0.3 is 0 Å². The second-order valence-electron chi connectivity index (χ2n) is 4.95. The van der Waals surface area contributed by atoms with Crippen molar-refractivity contribution in [2.75, 3.05) is 49.7 Å². The molecular weight excluding hydrogens is 280 g/mol. The van der Waals surface area contributed by atoms with Crippen LogP contribution >= 0.6 is 0 Å². The summed E-state index contributed by atoms with van der Waals surface area (Å²) in [6, 6.07) is 11.7. The summed E-state index contributed by atoms with van der Waals surface area (Å²) in [6.45, 7) is 4.51. The summed E-state index contributed by atoms with van der Waals surface area (Å²) in [5.41, 5.74) is 0. The van der Waals surface area contributed by atoms with E-state index in [0.29, 0.717) is 13.2 Å². The molecule has 0 aliphatic carbocycles. The molecule has 0 bridgehead atoms. The van der Waals surface area contributed by atoms with Crippen molar-refractivity contribution in [2.24, 2.45) is 0 Å². The van der Waals surface area contributed by atoms with Crippen LogP contribution in [0.15, 0.2) is 42.7 Å². The average molecular weight is 300 g/mol. The Morgan fingerprint density at radius 2 is 1.95 bits per heavy atom. The lowest BCUT2D eigenvalue weighted by atomic mass is 10.3. The highest BCUT2D eigenvalue weighted by Gasteiger charge is 2.12. The number of rotatable bonds is 6. The molecular formula is C16H20N4O2. The van der Waals surface area contributed by atoms with Crippen LogP contribution in [0.1, 0.15) is 0 Å². The van der Waals surface area contributed by atoms with Crippen molar-refractivity contribution in [1.29, 1.82) is 0 Å². The zero-order chi connectivity index (χ0) is 15.0. The molecule has 3 rings (SSSR count). The number of benzene rings is 1. The first-order valence-corrected chi connectivity index (χ1v) is 7.48. The summed E-state index contributed by atoms with van der Waals surface area (Å²) in [5, 5.41) is 3.26. The quantitative estimate of drug-likeness (QED) is 0.821. The Kier molecular flexibility index (Phi) is 5.04. The summed E-state index contributed by atoms with van der Waals surface area (Å²) in [5.74, 6) is 2.62. The Balaban J connectivity index is 1.48. The standard InChI is InChI=1S/C16H20N4O2/c1-2-4-14(5-3-1)22-9-6-17-15-12-16(19-13-18-15)20-7-10-21-11-8-20/h1-5,12-13H,6-11H2,(H,17,18,19). The minimum absolute atomic E-state index is 0.584. The second-order valence-corrected chi connectivity index (χ2v) is 4.95. The highest BCUT2D eigenvalue weighted by Crippen LogP contribution is 2.15. The summed E-state index contributed by atoms with van der Waals surface area (Å²) in [7, 11) is 0. The first-order valence-electron chi connectivity index (χ1n) is 7.48. The van der Waals surface area contributed by atoms with Gasteiger partial charge in [0.25, 0.3) is 0 Å². The molecule has 1 saturated heterocycles. The van der Waals surface area contributed by atoms with E-state index in [0.717, 1.165) is 43.7 Å². The fraction of sp³-hybridized carbons (Fsp3) is 0.375. The highest BCUT2D eigenvalue weighted by atomic mass is 16.5. The van der Waals surface area contributed by atoms with E-state index in [4.69, 9.17) is 9.47 Å². The van der Waals surface area contributed by atoms with E-state index in [9.17, 15) is 0 Å². The molecule has 0 atom stereocenters. The lowest BCUT2D eigenvalue weighted by molar-refractivity contribution is 0.122. The van der Waals surface area contributed by atoms with Gasteiger partial charge < -0.3 is 19.7 Å². The lowest BCUT2D eigenvalue weighted by Crippen LogP contribution is -2.36. The van der Waals surface area contributed by atoms with Crippen molar-refractivity contribution in [1.82, 2.24) is 9.97 Å². The van der Waals surface area contributed by atoms with Crippen molar-refractivity contribution in [3.05, 3.63) is 42.7 Å². The van der Waals surface area contributed by atoms with Crippen molar-refractivity contribution < 1.29 is 9.47 Å². The molecule has 1 N–H and O–H groups in total. The summed E-state index contributed by atoms with van der Waals surface area (Å²) < 4.78 is 11.0. The van der Waals surface area contributed by atoms with Crippen LogP contribution in [0, 0.1) is 0 Å². The van der Waals surface area contributed by atoms with E-state index in [1.807, 2.05) is 36.4 Å². The average Bonchev–Trinajstić information content (AvgIpc) is 2.61. The van der Waals surface area contributed by atoms with Crippen LogP contribution in [0.4, 0.5) is 11.6 Å². The largest absolute Gasteiger partial charge is 0.492 e. The van der Waals surface area contributed by atoms with Crippen molar-refractivity contribution in [3.63, 3.8) is 0 Å². The topological polar surface area (TPSA) is 59.5 Å². The van der Waals surface area contributed by atoms with Gasteiger partial charge in [-0.15, -0.1) is 0 Å². The Hall–Kier alpha value is -2.34. The van der Waals surface area contributed by atoms with E-state index in [2.05, 4.69) is 20.2 Å². The van der Waals surface area contributed by atoms with Crippen LogP contribution in [0.25, 0.3) is 0 Å². The fourth-order valence-electron chi connectivity index (χ4n) is 2.27. The predicted molar refractivity (Wildman–Crippen MR) is 85.5 cm³/mol. The molecule has 1 aliphatic rings. The van der Waals surface area contributed by atoms with Crippen molar-refractivity contribution in [2.45, 2.75) is 0 Å². The fourth-order valence-corrected chi connectivity index (χ4v) is 2.27. The molecule has 0 amide bonds. The van der Waals surface area contributed by atoms with Gasteiger partial charge in [0, 0.05) is 19.2 Å². The SMILES string of the molecule is c1ccc(OCCNc2cc(N3CCOCC3)ncn2)cc1. The molecule has 0 radical (unpaired) electrons. The zero-order valence-corrected chi connectivity index (χ0v) is 12.4. The minimum atomic E-state index is 0.584. The molecule has 1 aliphatic heterocycles. The number of hydrogen-bond donors (Lipinski definition) is 1. The van der Waals surface area contributed by atoms with Gasteiger partial charge in [-0.05, 0) is 12.1 Å². The smallest absolute Gasteiger partial charge is 0.134 e. The van der Waals surface area contributed by atoms with Gasteiger partial charge in [-0.1, -0.05) is 18.2 Å². The Morgan fingerprint density at radius 1 is 1.14 bits per heavy atom. The van der Waals surface area contributed by atoms with Gasteiger partial charge in [0.15, 0.2) is 0 Å². The molecule has 1 fully saturated rings. The van der Waals surface area contributed by atoms with E-state index in [1.165, 1.54) is 0 Å². The number of nitrogens with zero attached hydrogens (tertiary/aromatic N) is 3. The summed E-state index contributed by atoms with van der Waals surface area (Å²) in [6.07, 6.45) is 1.59. The number of anilines is 2. The molecule has 1 aromatic heterocycles. The molecule has 2 aromatic rings. The number of ether oxygens (including phenoxy) is 2. The molecule has 0 spiro atoms. The van der Waals surface area contributed by atoms with E-state index in [-0.39, 0.29) is 0 Å². The normalized spacial score (nSPS) is 14.6. The summed E-state index contributed by atoms with van der Waals surface area (Å²) >= 11 is 0. The van der Waals surface area contributed by atoms with Crippen molar-refractivity contribution in [3.8, 4) is 5.75 Å². The minimum Gasteiger partial charge on any atom is -0.492 e. The van der Waals surface area contributed by atoms with Gasteiger partial charge in [0.2, 0.25) is 0 Å². The molecule has 6 heteroatoms. The Labute approximate surface area is 130 Å². The maximum Gasteiger partial charge on any atom is 0.134 e.